The summed E-state index contributed by atoms with van der Waals surface area (Å²) in [5.74, 6) is 0.473. The molecule has 0 radical (unpaired) electrons. The summed E-state index contributed by atoms with van der Waals surface area (Å²) in [6.45, 7) is 6.89. The third kappa shape index (κ3) is 4.81. The van der Waals surface area contributed by atoms with E-state index in [9.17, 15) is 16.8 Å². The smallest absolute Gasteiger partial charge is 0.212 e. The average molecular weight is 389 g/mol. The summed E-state index contributed by atoms with van der Waals surface area (Å²) in [6, 6.07) is 6.94. The van der Waals surface area contributed by atoms with Gasteiger partial charge in [-0.1, -0.05) is 39.3 Å². The van der Waals surface area contributed by atoms with Gasteiger partial charge < -0.3 is 0 Å². The van der Waals surface area contributed by atoms with E-state index in [1.165, 1.54) is 8.61 Å². The normalized spacial score (nSPS) is 17.9. The molecule has 8 heteroatoms. The molecule has 1 fully saturated rings. The molecule has 142 valence electrons. The highest BCUT2D eigenvalue weighted by molar-refractivity contribution is 7.89. The van der Waals surface area contributed by atoms with Crippen molar-refractivity contribution in [3.05, 3.63) is 29.8 Å². The van der Waals surface area contributed by atoms with Gasteiger partial charge in [-0.3, -0.25) is 0 Å². The number of nitrogens with zero attached hydrogens (tertiary/aromatic N) is 2. The lowest BCUT2D eigenvalue weighted by Gasteiger charge is -2.33. The monoisotopic (exact) mass is 388 g/mol. The van der Waals surface area contributed by atoms with Crippen LogP contribution in [-0.4, -0.2) is 57.4 Å². The Balaban J connectivity index is 2.06. The molecule has 1 aromatic rings. The number of rotatable bonds is 7. The Kier molecular flexibility index (Phi) is 6.64. The first-order chi connectivity index (χ1) is 11.7. The first kappa shape index (κ1) is 20.4. The maximum atomic E-state index is 12.8. The fourth-order valence-corrected chi connectivity index (χ4v) is 5.87. The molecule has 0 spiro atoms. The number of benzene rings is 1. The SMILES string of the molecule is CCCCS(=O)(=O)N1CCN(S(=O)(=O)c2ccc(C(C)C)cc2)CC1. The van der Waals surface area contributed by atoms with Crippen LogP contribution < -0.4 is 0 Å². The Morgan fingerprint density at radius 1 is 0.920 bits per heavy atom. The van der Waals surface area contributed by atoms with Crippen LogP contribution in [0.15, 0.2) is 29.2 Å². The first-order valence-corrected chi connectivity index (χ1v) is 11.8. The lowest BCUT2D eigenvalue weighted by Crippen LogP contribution is -2.50. The van der Waals surface area contributed by atoms with Crippen molar-refractivity contribution >= 4 is 20.0 Å². The van der Waals surface area contributed by atoms with Crippen molar-refractivity contribution in [2.24, 2.45) is 0 Å². The Labute approximate surface area is 151 Å². The van der Waals surface area contributed by atoms with E-state index in [1.807, 2.05) is 19.1 Å². The van der Waals surface area contributed by atoms with Crippen LogP contribution in [-0.2, 0) is 20.0 Å². The van der Waals surface area contributed by atoms with Gasteiger partial charge in [-0.2, -0.15) is 8.61 Å². The molecule has 1 heterocycles. The maximum absolute atomic E-state index is 12.8. The molecule has 0 saturated carbocycles. The Morgan fingerprint density at radius 3 is 1.92 bits per heavy atom. The van der Waals surface area contributed by atoms with E-state index >= 15 is 0 Å². The molecule has 0 aliphatic carbocycles. The molecule has 1 aromatic carbocycles. The summed E-state index contributed by atoms with van der Waals surface area (Å²) < 4.78 is 52.8. The molecule has 6 nitrogen and oxygen atoms in total. The lowest BCUT2D eigenvalue weighted by molar-refractivity contribution is 0.272. The van der Waals surface area contributed by atoms with E-state index in [1.54, 1.807) is 12.1 Å². The van der Waals surface area contributed by atoms with Crippen molar-refractivity contribution in [3.8, 4) is 0 Å². The van der Waals surface area contributed by atoms with E-state index in [0.717, 1.165) is 12.0 Å². The van der Waals surface area contributed by atoms with Gasteiger partial charge in [-0.25, -0.2) is 16.8 Å². The van der Waals surface area contributed by atoms with Crippen LogP contribution in [0.3, 0.4) is 0 Å². The van der Waals surface area contributed by atoms with Crippen molar-refractivity contribution < 1.29 is 16.8 Å². The van der Waals surface area contributed by atoms with Gasteiger partial charge in [0.05, 0.1) is 10.6 Å². The van der Waals surface area contributed by atoms with E-state index in [4.69, 9.17) is 0 Å². The van der Waals surface area contributed by atoms with Crippen molar-refractivity contribution in [1.82, 2.24) is 8.61 Å². The minimum absolute atomic E-state index is 0.132. The second kappa shape index (κ2) is 8.16. The van der Waals surface area contributed by atoms with Gasteiger partial charge >= 0.3 is 0 Å². The van der Waals surface area contributed by atoms with Crippen LogP contribution in [0.4, 0.5) is 0 Å². The van der Waals surface area contributed by atoms with Gasteiger partial charge in [0.1, 0.15) is 0 Å². The topological polar surface area (TPSA) is 74.8 Å². The molecule has 0 bridgehead atoms. The average Bonchev–Trinajstić information content (AvgIpc) is 2.60. The summed E-state index contributed by atoms with van der Waals surface area (Å²) in [5.41, 5.74) is 1.09. The number of hydrogen-bond donors (Lipinski definition) is 0. The third-order valence-electron chi connectivity index (χ3n) is 4.53. The van der Waals surface area contributed by atoms with E-state index in [0.29, 0.717) is 12.3 Å². The summed E-state index contributed by atoms with van der Waals surface area (Å²) in [6.07, 6.45) is 1.45. The number of hydrogen-bond acceptors (Lipinski definition) is 4. The maximum Gasteiger partial charge on any atom is 0.243 e. The van der Waals surface area contributed by atoms with Crippen LogP contribution in [0.2, 0.25) is 0 Å². The molecule has 1 aliphatic heterocycles. The van der Waals surface area contributed by atoms with Crippen molar-refractivity contribution in [3.63, 3.8) is 0 Å². The quantitative estimate of drug-likeness (QED) is 0.718. The van der Waals surface area contributed by atoms with Crippen LogP contribution in [0, 0.1) is 0 Å². The molecule has 0 unspecified atom stereocenters. The van der Waals surface area contributed by atoms with E-state index in [-0.39, 0.29) is 36.8 Å². The van der Waals surface area contributed by atoms with Crippen LogP contribution >= 0.6 is 0 Å². The van der Waals surface area contributed by atoms with E-state index < -0.39 is 20.0 Å². The fraction of sp³-hybridized carbons (Fsp3) is 0.647. The fourth-order valence-electron chi connectivity index (χ4n) is 2.82. The largest absolute Gasteiger partial charge is 0.243 e. The third-order valence-corrected chi connectivity index (χ3v) is 8.40. The van der Waals surface area contributed by atoms with Gasteiger partial charge in [0.25, 0.3) is 0 Å². The first-order valence-electron chi connectivity index (χ1n) is 8.76. The predicted octanol–water partition coefficient (Wildman–Crippen LogP) is 2.25. The van der Waals surface area contributed by atoms with Crippen molar-refractivity contribution in [2.75, 3.05) is 31.9 Å². The molecule has 0 aromatic heterocycles. The number of unbranched alkanes of at least 4 members (excludes halogenated alkanes) is 1. The van der Waals surface area contributed by atoms with Crippen LogP contribution in [0.5, 0.6) is 0 Å². The van der Waals surface area contributed by atoms with Gasteiger partial charge in [-0.15, -0.1) is 0 Å². The lowest BCUT2D eigenvalue weighted by atomic mass is 10.0. The van der Waals surface area contributed by atoms with Gasteiger partial charge in [-0.05, 0) is 30.0 Å². The zero-order valence-electron chi connectivity index (χ0n) is 15.2. The summed E-state index contributed by atoms with van der Waals surface area (Å²) in [4.78, 5) is 0.263. The Bertz CT molecular complexity index is 763. The van der Waals surface area contributed by atoms with Crippen molar-refractivity contribution in [2.45, 2.75) is 44.4 Å². The summed E-state index contributed by atoms with van der Waals surface area (Å²) >= 11 is 0. The molecule has 0 N–H and O–H groups in total. The highest BCUT2D eigenvalue weighted by atomic mass is 32.2. The highest BCUT2D eigenvalue weighted by Crippen LogP contribution is 2.22. The molecule has 1 aliphatic rings. The predicted molar refractivity (Wildman–Crippen MR) is 99.6 cm³/mol. The van der Waals surface area contributed by atoms with Crippen LogP contribution in [0.25, 0.3) is 0 Å². The molecule has 2 rings (SSSR count). The molecule has 0 atom stereocenters. The second-order valence-corrected chi connectivity index (χ2v) is 10.7. The van der Waals surface area contributed by atoms with Crippen LogP contribution in [0.1, 0.15) is 45.1 Å². The standard InChI is InChI=1S/C17H28N2O4S2/c1-4-5-14-24(20,21)18-10-12-19(13-11-18)25(22,23)17-8-6-16(7-9-17)15(2)3/h6-9,15H,4-5,10-14H2,1-3H3. The molecule has 1 saturated heterocycles. The van der Waals surface area contributed by atoms with Gasteiger partial charge in [0, 0.05) is 26.2 Å². The number of piperazine rings is 1. The highest BCUT2D eigenvalue weighted by Gasteiger charge is 2.32. The molecular weight excluding hydrogens is 360 g/mol. The minimum atomic E-state index is -3.58. The molecular formula is C17H28N2O4S2. The minimum Gasteiger partial charge on any atom is -0.212 e. The Morgan fingerprint density at radius 2 is 1.44 bits per heavy atom. The molecule has 0 amide bonds. The number of sulfonamides is 2. The van der Waals surface area contributed by atoms with Crippen molar-refractivity contribution in [1.29, 1.82) is 0 Å². The molecule has 25 heavy (non-hydrogen) atoms. The zero-order chi connectivity index (χ0) is 18.7. The van der Waals surface area contributed by atoms with Gasteiger partial charge in [0.2, 0.25) is 20.0 Å². The second-order valence-electron chi connectivity index (χ2n) is 6.70. The summed E-state index contributed by atoms with van der Waals surface area (Å²) in [5, 5.41) is 0. The summed E-state index contributed by atoms with van der Waals surface area (Å²) in [7, 11) is -6.86. The zero-order valence-corrected chi connectivity index (χ0v) is 16.8. The Hall–Kier alpha value is -0.960. The van der Waals surface area contributed by atoms with E-state index in [2.05, 4.69) is 13.8 Å². The van der Waals surface area contributed by atoms with Gasteiger partial charge in [0.15, 0.2) is 0 Å².